The van der Waals surface area contributed by atoms with Crippen LogP contribution < -0.4 is 10.2 Å². The Morgan fingerprint density at radius 3 is 2.55 bits per heavy atom. The molecule has 0 aromatic carbocycles. The van der Waals surface area contributed by atoms with Gasteiger partial charge in [-0.05, 0) is 62.3 Å². The van der Waals surface area contributed by atoms with Gasteiger partial charge in [0.25, 0.3) is 0 Å². The van der Waals surface area contributed by atoms with Crippen LogP contribution in [0.1, 0.15) is 56.7 Å². The van der Waals surface area contributed by atoms with Gasteiger partial charge in [-0.1, -0.05) is 13.8 Å². The van der Waals surface area contributed by atoms with Crippen molar-refractivity contribution in [2.45, 2.75) is 58.0 Å². The first-order valence-electron chi connectivity index (χ1n) is 8.09. The average Bonchev–Trinajstić information content (AvgIpc) is 3.28. The maximum atomic E-state index is 4.96. The summed E-state index contributed by atoms with van der Waals surface area (Å²) < 4.78 is 0. The third-order valence-electron chi connectivity index (χ3n) is 4.30. The third-order valence-corrected chi connectivity index (χ3v) is 4.30. The summed E-state index contributed by atoms with van der Waals surface area (Å²) in [5, 5.41) is 3.27. The van der Waals surface area contributed by atoms with Gasteiger partial charge in [0, 0.05) is 24.8 Å². The summed E-state index contributed by atoms with van der Waals surface area (Å²) in [6.45, 7) is 6.62. The average molecular weight is 273 g/mol. The molecule has 1 heterocycles. The first-order valence-corrected chi connectivity index (χ1v) is 8.09. The van der Waals surface area contributed by atoms with Crippen molar-refractivity contribution in [1.29, 1.82) is 0 Å². The molecule has 2 saturated carbocycles. The number of nitrogens with one attached hydrogen (secondary N) is 1. The summed E-state index contributed by atoms with van der Waals surface area (Å²) in [5.41, 5.74) is 2.59. The molecule has 0 bridgehead atoms. The Kier molecular flexibility index (Phi) is 3.97. The first-order chi connectivity index (χ1) is 9.67. The Hall–Kier alpha value is -1.09. The van der Waals surface area contributed by atoms with Crippen LogP contribution in [0, 0.1) is 5.92 Å². The minimum Gasteiger partial charge on any atom is -0.353 e. The number of anilines is 1. The topological polar surface area (TPSA) is 28.2 Å². The van der Waals surface area contributed by atoms with Crippen molar-refractivity contribution in [3.63, 3.8) is 0 Å². The molecule has 3 nitrogen and oxygen atoms in total. The second-order valence-corrected chi connectivity index (χ2v) is 6.77. The highest BCUT2D eigenvalue weighted by atomic mass is 15.2. The van der Waals surface area contributed by atoms with Crippen molar-refractivity contribution in [2.24, 2.45) is 5.92 Å². The molecule has 0 saturated heterocycles. The van der Waals surface area contributed by atoms with E-state index in [1.165, 1.54) is 49.3 Å². The van der Waals surface area contributed by atoms with Gasteiger partial charge in [0.1, 0.15) is 5.82 Å². The largest absolute Gasteiger partial charge is 0.353 e. The van der Waals surface area contributed by atoms with Crippen LogP contribution in [0.5, 0.6) is 0 Å². The van der Waals surface area contributed by atoms with Gasteiger partial charge in [0.2, 0.25) is 0 Å². The van der Waals surface area contributed by atoms with Gasteiger partial charge < -0.3 is 10.2 Å². The van der Waals surface area contributed by atoms with Crippen LogP contribution in [-0.4, -0.2) is 24.6 Å². The second kappa shape index (κ2) is 5.72. The molecule has 2 aliphatic rings. The van der Waals surface area contributed by atoms with Crippen LogP contribution in [0.25, 0.3) is 0 Å². The van der Waals surface area contributed by atoms with Crippen LogP contribution in [0.2, 0.25) is 0 Å². The highest BCUT2D eigenvalue weighted by Gasteiger charge is 2.34. The van der Waals surface area contributed by atoms with Crippen LogP contribution in [0.15, 0.2) is 12.1 Å². The molecule has 1 N–H and O–H groups in total. The molecular formula is C17H27N3. The summed E-state index contributed by atoms with van der Waals surface area (Å²) in [6.07, 6.45) is 5.52. The Morgan fingerprint density at radius 2 is 2.00 bits per heavy atom. The van der Waals surface area contributed by atoms with Crippen molar-refractivity contribution < 1.29 is 0 Å². The number of hydrogen-bond donors (Lipinski definition) is 1. The van der Waals surface area contributed by atoms with Gasteiger partial charge in [0.05, 0.1) is 0 Å². The van der Waals surface area contributed by atoms with Crippen LogP contribution >= 0.6 is 0 Å². The Bertz CT molecular complexity index is 461. The summed E-state index contributed by atoms with van der Waals surface area (Å²) in [6, 6.07) is 5.31. The van der Waals surface area contributed by atoms with E-state index in [0.29, 0.717) is 5.92 Å². The quantitative estimate of drug-likeness (QED) is 0.826. The van der Waals surface area contributed by atoms with Crippen molar-refractivity contribution >= 4 is 5.82 Å². The number of aromatic nitrogens is 1. The molecule has 0 unspecified atom stereocenters. The zero-order chi connectivity index (χ0) is 14.1. The predicted octanol–water partition coefficient (Wildman–Crippen LogP) is 3.30. The van der Waals surface area contributed by atoms with E-state index >= 15 is 0 Å². The zero-order valence-corrected chi connectivity index (χ0v) is 13.0. The molecule has 1 aromatic heterocycles. The van der Waals surface area contributed by atoms with Gasteiger partial charge in [-0.25, -0.2) is 4.98 Å². The molecule has 2 fully saturated rings. The summed E-state index contributed by atoms with van der Waals surface area (Å²) in [7, 11) is 2.01. The number of nitrogens with zero attached hydrogens (tertiary/aromatic N) is 2. The maximum absolute atomic E-state index is 4.96. The molecule has 0 radical (unpaired) electrons. The van der Waals surface area contributed by atoms with Crippen LogP contribution in [-0.2, 0) is 6.54 Å². The predicted molar refractivity (Wildman–Crippen MR) is 84.2 cm³/mol. The number of pyridine rings is 1. The summed E-state index contributed by atoms with van der Waals surface area (Å²) >= 11 is 0. The monoisotopic (exact) mass is 273 g/mol. The molecule has 3 rings (SSSR count). The fourth-order valence-corrected chi connectivity index (χ4v) is 2.74. The molecule has 0 aliphatic heterocycles. The number of hydrogen-bond acceptors (Lipinski definition) is 3. The highest BCUT2D eigenvalue weighted by molar-refractivity contribution is 5.46. The minimum absolute atomic E-state index is 0.493. The van der Waals surface area contributed by atoms with Crippen LogP contribution in [0.4, 0.5) is 5.82 Å². The van der Waals surface area contributed by atoms with Crippen molar-refractivity contribution in [3.05, 3.63) is 23.4 Å². The van der Waals surface area contributed by atoms with Crippen molar-refractivity contribution in [3.8, 4) is 0 Å². The fourth-order valence-electron chi connectivity index (χ4n) is 2.74. The summed E-state index contributed by atoms with van der Waals surface area (Å²) in [5.74, 6) is 2.64. The van der Waals surface area contributed by atoms with Crippen molar-refractivity contribution in [2.75, 3.05) is 18.5 Å². The smallest absolute Gasteiger partial charge is 0.129 e. The first kappa shape index (κ1) is 13.9. The minimum atomic E-state index is 0.493. The Balaban J connectivity index is 1.87. The van der Waals surface area contributed by atoms with Gasteiger partial charge >= 0.3 is 0 Å². The van der Waals surface area contributed by atoms with E-state index in [-0.39, 0.29) is 0 Å². The number of rotatable bonds is 7. The Morgan fingerprint density at radius 1 is 1.25 bits per heavy atom. The molecule has 110 valence electrons. The molecule has 0 atom stereocenters. The zero-order valence-electron chi connectivity index (χ0n) is 13.0. The lowest BCUT2D eigenvalue weighted by molar-refractivity contribution is 0.698. The van der Waals surface area contributed by atoms with E-state index in [1.54, 1.807) is 0 Å². The molecule has 0 amide bonds. The Labute approximate surface area is 122 Å². The lowest BCUT2D eigenvalue weighted by Crippen LogP contribution is -2.29. The van der Waals surface area contributed by atoms with E-state index in [0.717, 1.165) is 18.5 Å². The van der Waals surface area contributed by atoms with E-state index in [2.05, 4.69) is 36.2 Å². The standard InChI is InChI=1S/C17H27N3/c1-12(2)16-8-14(10-18-3)9-17(19-16)20(15-6-7-15)11-13-4-5-13/h8-9,12-13,15,18H,4-7,10-11H2,1-3H3. The fraction of sp³-hybridized carbons (Fsp3) is 0.706. The molecule has 3 heteroatoms. The maximum Gasteiger partial charge on any atom is 0.129 e. The lowest BCUT2D eigenvalue weighted by Gasteiger charge is -2.25. The summed E-state index contributed by atoms with van der Waals surface area (Å²) in [4.78, 5) is 7.54. The molecular weight excluding hydrogens is 246 g/mol. The van der Waals surface area contributed by atoms with E-state index < -0.39 is 0 Å². The van der Waals surface area contributed by atoms with E-state index in [9.17, 15) is 0 Å². The molecule has 1 aromatic rings. The highest BCUT2D eigenvalue weighted by Crippen LogP contribution is 2.37. The lowest BCUT2D eigenvalue weighted by atomic mass is 10.1. The van der Waals surface area contributed by atoms with Gasteiger partial charge in [0.15, 0.2) is 0 Å². The van der Waals surface area contributed by atoms with E-state index in [4.69, 9.17) is 4.98 Å². The van der Waals surface area contributed by atoms with E-state index in [1.807, 2.05) is 7.05 Å². The SMILES string of the molecule is CNCc1cc(C(C)C)nc(N(CC2CC2)C2CC2)c1. The molecule has 0 spiro atoms. The second-order valence-electron chi connectivity index (χ2n) is 6.77. The van der Waals surface area contributed by atoms with Crippen molar-refractivity contribution in [1.82, 2.24) is 10.3 Å². The molecule has 2 aliphatic carbocycles. The van der Waals surface area contributed by atoms with Gasteiger partial charge in [-0.15, -0.1) is 0 Å². The normalized spacial score (nSPS) is 18.6. The van der Waals surface area contributed by atoms with Gasteiger partial charge in [-0.2, -0.15) is 0 Å². The van der Waals surface area contributed by atoms with Gasteiger partial charge in [-0.3, -0.25) is 0 Å². The molecule has 20 heavy (non-hydrogen) atoms. The van der Waals surface area contributed by atoms with Crippen LogP contribution in [0.3, 0.4) is 0 Å². The third kappa shape index (κ3) is 3.32.